The van der Waals surface area contributed by atoms with Crippen molar-refractivity contribution in [3.63, 3.8) is 0 Å². The van der Waals surface area contributed by atoms with Gasteiger partial charge < -0.3 is 10.5 Å². The van der Waals surface area contributed by atoms with Gasteiger partial charge in [0.2, 0.25) is 10.0 Å². The normalized spacial score (nSPS) is 15.9. The van der Waals surface area contributed by atoms with Crippen molar-refractivity contribution in [2.24, 2.45) is 10.7 Å². The summed E-state index contributed by atoms with van der Waals surface area (Å²) in [7, 11) is -2.22. The van der Waals surface area contributed by atoms with Gasteiger partial charge in [0.25, 0.3) is 0 Å². The van der Waals surface area contributed by atoms with Crippen LogP contribution in [0.5, 0.6) is 0 Å². The summed E-state index contributed by atoms with van der Waals surface area (Å²) in [5.41, 5.74) is 4.10. The second-order valence-corrected chi connectivity index (χ2v) is 10.7. The molecule has 1 aromatic carbocycles. The van der Waals surface area contributed by atoms with Crippen LogP contribution in [-0.4, -0.2) is 45.4 Å². The van der Waals surface area contributed by atoms with Crippen molar-refractivity contribution in [2.75, 3.05) is 26.7 Å². The summed E-state index contributed by atoms with van der Waals surface area (Å²) in [5.74, 6) is 0.0704. The van der Waals surface area contributed by atoms with Crippen LogP contribution in [0, 0.1) is 17.3 Å². The van der Waals surface area contributed by atoms with E-state index in [4.69, 9.17) is 10.00 Å². The number of hydrogen-bond acceptors (Lipinski definition) is 7. The summed E-state index contributed by atoms with van der Waals surface area (Å²) in [6.07, 6.45) is 8.30. The zero-order valence-electron chi connectivity index (χ0n) is 22.6. The fraction of sp³-hybridized carbons (Fsp3) is 0.407. The van der Waals surface area contributed by atoms with Gasteiger partial charge in [0.05, 0.1) is 11.4 Å². The van der Waals surface area contributed by atoms with Gasteiger partial charge in [-0.25, -0.2) is 23.1 Å². The summed E-state index contributed by atoms with van der Waals surface area (Å²) < 4.78 is 46.6. The first-order chi connectivity index (χ1) is 18.3. The monoisotopic (exact) mass is 563 g/mol. The molecule has 11 heteroatoms. The Hall–Kier alpha value is -3.04. The molecule has 0 bridgehead atoms. The van der Waals surface area contributed by atoms with E-state index in [0.717, 1.165) is 17.0 Å². The molecule has 1 aromatic heterocycles. The van der Waals surface area contributed by atoms with E-state index in [1.807, 2.05) is 57.5 Å². The first-order valence-electron chi connectivity index (χ1n) is 12.4. The SMILES string of the molecule is C/C=C\C(=C/C)OC(=NCC1(c2cccs2)CCN(S(=O)(=O)c2ccc(F)cc2)CC1)NC#N.CC.CN. The third kappa shape index (κ3) is 8.77. The van der Waals surface area contributed by atoms with Gasteiger partial charge in [-0.05, 0) is 81.6 Å². The largest absolute Gasteiger partial charge is 0.426 e. The summed E-state index contributed by atoms with van der Waals surface area (Å²) in [6.45, 7) is 8.61. The highest BCUT2D eigenvalue weighted by Gasteiger charge is 2.40. The molecule has 0 amide bonds. The Morgan fingerprint density at radius 1 is 1.24 bits per heavy atom. The van der Waals surface area contributed by atoms with Gasteiger partial charge in [0.15, 0.2) is 6.19 Å². The summed E-state index contributed by atoms with van der Waals surface area (Å²) in [4.78, 5) is 5.75. The van der Waals surface area contributed by atoms with E-state index in [-0.39, 0.29) is 10.9 Å². The topological polar surface area (TPSA) is 121 Å². The van der Waals surface area contributed by atoms with Gasteiger partial charge >= 0.3 is 6.02 Å². The Morgan fingerprint density at radius 2 is 1.87 bits per heavy atom. The number of piperidine rings is 1. The van der Waals surface area contributed by atoms with Gasteiger partial charge in [-0.15, -0.1) is 11.3 Å². The molecule has 2 aromatic rings. The maximum atomic E-state index is 13.3. The summed E-state index contributed by atoms with van der Waals surface area (Å²) in [6, 6.07) is 8.96. The third-order valence-electron chi connectivity index (χ3n) is 5.69. The molecule has 8 nitrogen and oxygen atoms in total. The first kappa shape index (κ1) is 33.0. The van der Waals surface area contributed by atoms with Crippen LogP contribution in [-0.2, 0) is 20.2 Å². The van der Waals surface area contributed by atoms with Crippen LogP contribution in [0.2, 0.25) is 0 Å². The minimum absolute atomic E-state index is 0.0762. The average Bonchev–Trinajstić information content (AvgIpc) is 3.50. The average molecular weight is 564 g/mol. The molecule has 0 aliphatic carbocycles. The van der Waals surface area contributed by atoms with Crippen molar-refractivity contribution in [1.29, 1.82) is 5.26 Å². The third-order valence-corrected chi connectivity index (χ3v) is 8.72. The number of halogens is 1. The van der Waals surface area contributed by atoms with Crippen LogP contribution in [0.25, 0.3) is 0 Å². The molecule has 1 aliphatic heterocycles. The molecule has 0 radical (unpaired) electrons. The van der Waals surface area contributed by atoms with E-state index in [9.17, 15) is 12.8 Å². The highest BCUT2D eigenvalue weighted by Crippen LogP contribution is 2.39. The number of nitrogens with zero attached hydrogens (tertiary/aromatic N) is 3. The van der Waals surface area contributed by atoms with E-state index in [0.29, 0.717) is 38.2 Å². The van der Waals surface area contributed by atoms with Crippen molar-refractivity contribution >= 4 is 27.4 Å². The highest BCUT2D eigenvalue weighted by atomic mass is 32.2. The van der Waals surface area contributed by atoms with Crippen LogP contribution in [0.4, 0.5) is 4.39 Å². The molecular formula is C27H38FN5O3S2. The Bertz CT molecular complexity index is 1190. The summed E-state index contributed by atoms with van der Waals surface area (Å²) >= 11 is 1.60. The Balaban J connectivity index is 0.00000172. The number of allylic oxidation sites excluding steroid dienone is 3. The first-order valence-corrected chi connectivity index (χ1v) is 14.7. The van der Waals surface area contributed by atoms with E-state index < -0.39 is 21.3 Å². The minimum Gasteiger partial charge on any atom is -0.426 e. The number of hydrogen-bond donors (Lipinski definition) is 2. The minimum atomic E-state index is -3.72. The Labute approximate surface area is 230 Å². The Kier molecular flexibility index (Phi) is 14.5. The fourth-order valence-corrected chi connectivity index (χ4v) is 6.23. The predicted molar refractivity (Wildman–Crippen MR) is 153 cm³/mol. The number of nitrogens with one attached hydrogen (secondary N) is 1. The number of benzene rings is 1. The quantitative estimate of drug-likeness (QED) is 0.120. The lowest BCUT2D eigenvalue weighted by molar-refractivity contribution is 0.240. The van der Waals surface area contributed by atoms with E-state index in [2.05, 4.69) is 16.0 Å². The van der Waals surface area contributed by atoms with Crippen molar-refractivity contribution in [3.8, 4) is 6.19 Å². The molecular weight excluding hydrogens is 525 g/mol. The van der Waals surface area contributed by atoms with E-state index in [1.165, 1.54) is 23.5 Å². The van der Waals surface area contributed by atoms with Crippen molar-refractivity contribution in [2.45, 2.75) is 50.8 Å². The van der Waals surface area contributed by atoms with Crippen LogP contribution in [0.1, 0.15) is 45.4 Å². The molecule has 2 heterocycles. The molecule has 3 N–H and O–H groups in total. The molecule has 1 saturated heterocycles. The zero-order chi connectivity index (χ0) is 28.6. The molecule has 3 rings (SSSR count). The Morgan fingerprint density at radius 3 is 2.37 bits per heavy atom. The number of nitrogens with two attached hydrogens (primary N) is 1. The van der Waals surface area contributed by atoms with E-state index in [1.54, 1.807) is 23.5 Å². The number of rotatable bonds is 7. The second kappa shape index (κ2) is 16.7. The standard InChI is InChI=1S/C24H27FN4O3S2.C2H6.CH5N/c1-3-6-20(4-2)32-23(28-18-26)27-17-24(22-7-5-16-33-22)12-14-29(15-13-24)34(30,31)21-10-8-19(25)9-11-21;2*1-2/h3-11,16H,12-15,17H2,1-2H3,(H,27,28);1-2H3;2H2,1H3/b6-3-,20-4+;;. The van der Waals surface area contributed by atoms with Crippen LogP contribution in [0.15, 0.2) is 75.7 Å². The zero-order valence-corrected chi connectivity index (χ0v) is 24.3. The molecule has 0 spiro atoms. The van der Waals surface area contributed by atoms with Crippen molar-refractivity contribution < 1.29 is 17.5 Å². The maximum absolute atomic E-state index is 13.3. The fourth-order valence-electron chi connectivity index (χ4n) is 3.81. The number of aliphatic imine (C=N–C) groups is 1. The van der Waals surface area contributed by atoms with Crippen molar-refractivity contribution in [3.05, 3.63) is 76.5 Å². The lowest BCUT2D eigenvalue weighted by atomic mass is 9.77. The highest BCUT2D eigenvalue weighted by molar-refractivity contribution is 7.89. The van der Waals surface area contributed by atoms with Gasteiger partial charge in [-0.3, -0.25) is 0 Å². The number of thiophene rings is 1. The van der Waals surface area contributed by atoms with Crippen LogP contribution in [0.3, 0.4) is 0 Å². The summed E-state index contributed by atoms with van der Waals surface area (Å²) in [5, 5.41) is 13.6. The second-order valence-electron chi connectivity index (χ2n) is 7.77. The predicted octanol–water partition coefficient (Wildman–Crippen LogP) is 5.13. The number of nitriles is 1. The van der Waals surface area contributed by atoms with Crippen molar-refractivity contribution in [1.82, 2.24) is 9.62 Å². The van der Waals surface area contributed by atoms with Gasteiger partial charge in [-0.1, -0.05) is 26.0 Å². The number of amidine groups is 1. The number of sulfonamides is 1. The van der Waals surface area contributed by atoms with Gasteiger partial charge in [-0.2, -0.15) is 9.57 Å². The van der Waals surface area contributed by atoms with Gasteiger partial charge in [0, 0.05) is 23.4 Å². The molecule has 1 fully saturated rings. The van der Waals surface area contributed by atoms with Gasteiger partial charge in [0.1, 0.15) is 11.6 Å². The smallest absolute Gasteiger partial charge is 0.303 e. The maximum Gasteiger partial charge on any atom is 0.303 e. The lowest BCUT2D eigenvalue weighted by Crippen LogP contribution is -2.46. The van der Waals surface area contributed by atoms with E-state index >= 15 is 0 Å². The molecule has 38 heavy (non-hydrogen) atoms. The molecule has 0 saturated carbocycles. The molecule has 0 atom stereocenters. The molecule has 1 aliphatic rings. The molecule has 208 valence electrons. The van der Waals surface area contributed by atoms with Crippen LogP contribution < -0.4 is 11.1 Å². The van der Waals surface area contributed by atoms with Crippen LogP contribution >= 0.6 is 11.3 Å². The molecule has 0 unspecified atom stereocenters. The lowest BCUT2D eigenvalue weighted by Gasteiger charge is -2.40. The number of ether oxygens (including phenoxy) is 1.